The molecular weight excluding hydrogens is 194 g/mol. The monoisotopic (exact) mass is 227 g/mol. The summed E-state index contributed by atoms with van der Waals surface area (Å²) < 4.78 is 0. The van der Waals surface area contributed by atoms with Crippen LogP contribution in [0.1, 0.15) is 85.0 Å². The standard InChI is InChI=1S/C15H33N/c1-4-15(5-2,6-3)13-11-9-7-8-10-12-14-16/h4-14,16H2,1-3H3. The highest BCUT2D eigenvalue weighted by molar-refractivity contribution is 4.74. The van der Waals surface area contributed by atoms with E-state index in [-0.39, 0.29) is 0 Å². The summed E-state index contributed by atoms with van der Waals surface area (Å²) in [6, 6.07) is 0. The molecule has 0 amide bonds. The minimum atomic E-state index is 0.650. The minimum absolute atomic E-state index is 0.650. The van der Waals surface area contributed by atoms with Crippen molar-refractivity contribution >= 4 is 0 Å². The Kier molecular flexibility index (Phi) is 10.1. The van der Waals surface area contributed by atoms with Crippen LogP contribution in [-0.4, -0.2) is 6.54 Å². The molecule has 2 N–H and O–H groups in total. The Morgan fingerprint density at radius 1 is 0.688 bits per heavy atom. The zero-order valence-corrected chi connectivity index (χ0v) is 11.9. The van der Waals surface area contributed by atoms with Gasteiger partial charge in [0, 0.05) is 0 Å². The first-order valence-corrected chi connectivity index (χ1v) is 7.44. The smallest absolute Gasteiger partial charge is 0.00773 e. The van der Waals surface area contributed by atoms with Crippen LogP contribution in [0.15, 0.2) is 0 Å². The van der Waals surface area contributed by atoms with E-state index >= 15 is 0 Å². The number of hydrogen-bond acceptors (Lipinski definition) is 1. The van der Waals surface area contributed by atoms with E-state index in [1.165, 1.54) is 64.2 Å². The summed E-state index contributed by atoms with van der Waals surface area (Å²) in [6.07, 6.45) is 13.7. The molecule has 0 saturated heterocycles. The molecule has 0 aliphatic heterocycles. The van der Waals surface area contributed by atoms with Crippen molar-refractivity contribution in [1.29, 1.82) is 0 Å². The Morgan fingerprint density at radius 2 is 1.12 bits per heavy atom. The summed E-state index contributed by atoms with van der Waals surface area (Å²) in [7, 11) is 0. The molecule has 0 fully saturated rings. The minimum Gasteiger partial charge on any atom is -0.330 e. The number of unbranched alkanes of at least 4 members (excludes halogenated alkanes) is 5. The fourth-order valence-corrected chi connectivity index (χ4v) is 2.63. The lowest BCUT2D eigenvalue weighted by molar-refractivity contribution is 0.220. The summed E-state index contributed by atoms with van der Waals surface area (Å²) in [5.41, 5.74) is 6.13. The molecular formula is C15H33N. The highest BCUT2D eigenvalue weighted by atomic mass is 14.5. The molecule has 0 aromatic heterocycles. The highest BCUT2D eigenvalue weighted by Gasteiger charge is 2.22. The van der Waals surface area contributed by atoms with Gasteiger partial charge in [-0.05, 0) is 24.8 Å². The lowest BCUT2D eigenvalue weighted by Crippen LogP contribution is -2.17. The largest absolute Gasteiger partial charge is 0.330 e. The third-order valence-corrected chi connectivity index (χ3v) is 4.41. The molecule has 0 unspecified atom stereocenters. The van der Waals surface area contributed by atoms with Crippen LogP contribution in [-0.2, 0) is 0 Å². The lowest BCUT2D eigenvalue weighted by Gasteiger charge is -2.30. The number of rotatable bonds is 11. The van der Waals surface area contributed by atoms with Gasteiger partial charge >= 0.3 is 0 Å². The van der Waals surface area contributed by atoms with Crippen LogP contribution in [0.4, 0.5) is 0 Å². The topological polar surface area (TPSA) is 26.0 Å². The molecule has 1 heteroatoms. The molecule has 1 nitrogen and oxygen atoms in total. The molecule has 0 aromatic rings. The fourth-order valence-electron chi connectivity index (χ4n) is 2.63. The molecule has 0 saturated carbocycles. The fraction of sp³-hybridized carbons (Fsp3) is 1.00. The van der Waals surface area contributed by atoms with Crippen molar-refractivity contribution in [2.75, 3.05) is 6.54 Å². The first-order valence-electron chi connectivity index (χ1n) is 7.44. The molecule has 0 atom stereocenters. The van der Waals surface area contributed by atoms with Gasteiger partial charge in [-0.3, -0.25) is 0 Å². The van der Waals surface area contributed by atoms with Crippen LogP contribution >= 0.6 is 0 Å². The summed E-state index contributed by atoms with van der Waals surface area (Å²) in [5.74, 6) is 0. The third-order valence-electron chi connectivity index (χ3n) is 4.41. The van der Waals surface area contributed by atoms with E-state index in [2.05, 4.69) is 20.8 Å². The van der Waals surface area contributed by atoms with Crippen molar-refractivity contribution < 1.29 is 0 Å². The van der Waals surface area contributed by atoms with E-state index in [1.54, 1.807) is 0 Å². The first-order chi connectivity index (χ1) is 7.74. The first kappa shape index (κ1) is 16.0. The molecule has 0 rings (SSSR count). The van der Waals surface area contributed by atoms with Crippen LogP contribution in [0, 0.1) is 5.41 Å². The van der Waals surface area contributed by atoms with E-state index in [0.29, 0.717) is 5.41 Å². The average Bonchev–Trinajstić information content (AvgIpc) is 2.34. The number of hydrogen-bond donors (Lipinski definition) is 1. The maximum absolute atomic E-state index is 5.48. The van der Waals surface area contributed by atoms with Crippen molar-refractivity contribution in [3.63, 3.8) is 0 Å². The van der Waals surface area contributed by atoms with Crippen molar-refractivity contribution in [3.05, 3.63) is 0 Å². The van der Waals surface area contributed by atoms with E-state index in [0.717, 1.165) is 6.54 Å². The Balaban J connectivity index is 3.48. The Morgan fingerprint density at radius 3 is 1.56 bits per heavy atom. The molecule has 0 radical (unpaired) electrons. The van der Waals surface area contributed by atoms with Crippen LogP contribution < -0.4 is 5.73 Å². The second kappa shape index (κ2) is 10.1. The van der Waals surface area contributed by atoms with Crippen LogP contribution in [0.5, 0.6) is 0 Å². The normalized spacial score (nSPS) is 12.0. The van der Waals surface area contributed by atoms with Crippen molar-refractivity contribution in [2.24, 2.45) is 11.1 Å². The predicted octanol–water partition coefficient (Wildman–Crippen LogP) is 4.89. The van der Waals surface area contributed by atoms with Gasteiger partial charge in [0.05, 0.1) is 0 Å². The van der Waals surface area contributed by atoms with E-state index in [9.17, 15) is 0 Å². The van der Waals surface area contributed by atoms with Crippen LogP contribution in [0.25, 0.3) is 0 Å². The van der Waals surface area contributed by atoms with Crippen LogP contribution in [0.3, 0.4) is 0 Å². The molecule has 0 heterocycles. The van der Waals surface area contributed by atoms with Gasteiger partial charge in [0.2, 0.25) is 0 Å². The summed E-state index contributed by atoms with van der Waals surface area (Å²) in [5, 5.41) is 0. The zero-order chi connectivity index (χ0) is 12.3. The summed E-state index contributed by atoms with van der Waals surface area (Å²) in [4.78, 5) is 0. The molecule has 0 bridgehead atoms. The molecule has 0 aliphatic rings. The average molecular weight is 227 g/mol. The zero-order valence-electron chi connectivity index (χ0n) is 11.9. The molecule has 0 aliphatic carbocycles. The molecule has 98 valence electrons. The third kappa shape index (κ3) is 6.52. The van der Waals surface area contributed by atoms with Gasteiger partial charge in [0.15, 0.2) is 0 Å². The van der Waals surface area contributed by atoms with E-state index < -0.39 is 0 Å². The van der Waals surface area contributed by atoms with E-state index in [1.807, 2.05) is 0 Å². The second-order valence-corrected chi connectivity index (χ2v) is 5.22. The van der Waals surface area contributed by atoms with Gasteiger partial charge in [0.1, 0.15) is 0 Å². The Bertz CT molecular complexity index is 130. The quantitative estimate of drug-likeness (QED) is 0.500. The van der Waals surface area contributed by atoms with Crippen molar-refractivity contribution in [3.8, 4) is 0 Å². The molecule has 0 spiro atoms. The molecule has 16 heavy (non-hydrogen) atoms. The van der Waals surface area contributed by atoms with Gasteiger partial charge in [-0.1, -0.05) is 72.1 Å². The van der Waals surface area contributed by atoms with Gasteiger partial charge in [-0.25, -0.2) is 0 Å². The maximum atomic E-state index is 5.48. The predicted molar refractivity (Wildman–Crippen MR) is 74.7 cm³/mol. The summed E-state index contributed by atoms with van der Waals surface area (Å²) >= 11 is 0. The Labute approximate surface area is 103 Å². The Hall–Kier alpha value is -0.0400. The van der Waals surface area contributed by atoms with Gasteiger partial charge in [0.25, 0.3) is 0 Å². The van der Waals surface area contributed by atoms with Gasteiger partial charge in [-0.2, -0.15) is 0 Å². The molecule has 0 aromatic carbocycles. The number of nitrogens with two attached hydrogens (primary N) is 1. The van der Waals surface area contributed by atoms with Crippen LogP contribution in [0.2, 0.25) is 0 Å². The van der Waals surface area contributed by atoms with E-state index in [4.69, 9.17) is 5.73 Å². The maximum Gasteiger partial charge on any atom is -0.00773 e. The van der Waals surface area contributed by atoms with Crippen molar-refractivity contribution in [1.82, 2.24) is 0 Å². The SMILES string of the molecule is CCC(CC)(CC)CCCCCCCCN. The van der Waals surface area contributed by atoms with Crippen molar-refractivity contribution in [2.45, 2.75) is 85.0 Å². The highest BCUT2D eigenvalue weighted by Crippen LogP contribution is 2.36. The van der Waals surface area contributed by atoms with Gasteiger partial charge < -0.3 is 5.73 Å². The summed E-state index contributed by atoms with van der Waals surface area (Å²) in [6.45, 7) is 7.93. The second-order valence-electron chi connectivity index (χ2n) is 5.22. The lowest BCUT2D eigenvalue weighted by atomic mass is 9.75. The van der Waals surface area contributed by atoms with Gasteiger partial charge in [-0.15, -0.1) is 0 Å².